The molecule has 3 N–H and O–H groups in total. The van der Waals surface area contributed by atoms with Gasteiger partial charge in [-0.3, -0.25) is 9.59 Å². The third-order valence-corrected chi connectivity index (χ3v) is 6.05. The van der Waals surface area contributed by atoms with Crippen LogP contribution in [0.1, 0.15) is 46.5 Å². The van der Waals surface area contributed by atoms with Crippen molar-refractivity contribution in [3.05, 3.63) is 94.6 Å². The van der Waals surface area contributed by atoms with E-state index in [9.17, 15) is 22.8 Å². The summed E-state index contributed by atoms with van der Waals surface area (Å²) in [5.74, 6) is -0.981. The lowest BCUT2D eigenvalue weighted by molar-refractivity contribution is -0.137. The molecule has 0 aliphatic rings. The minimum absolute atomic E-state index is 0.153. The number of halogens is 4. The van der Waals surface area contributed by atoms with Crippen LogP contribution >= 0.6 is 11.6 Å². The molecule has 3 aromatic carbocycles. The van der Waals surface area contributed by atoms with Crippen LogP contribution in [0.3, 0.4) is 0 Å². The van der Waals surface area contributed by atoms with E-state index >= 15 is 0 Å². The first-order valence-electron chi connectivity index (χ1n) is 12.5. The summed E-state index contributed by atoms with van der Waals surface area (Å²) >= 11 is 6.26. The Balaban J connectivity index is 1.74. The maximum absolute atomic E-state index is 13.8. The second-order valence-electron chi connectivity index (χ2n) is 8.80. The molecule has 12 heteroatoms. The molecule has 0 aliphatic heterocycles. The SMILES string of the molecule is CCCNC(=O)c1ccc(Nc2ncc(C(F)(F)F)c(Nc3ccccc3C(C)=O)n2)c(Oc2ccccc2Cl)c1. The molecule has 4 rings (SSSR count). The lowest BCUT2D eigenvalue weighted by Crippen LogP contribution is -2.23. The average Bonchev–Trinajstić information content (AvgIpc) is 2.93. The van der Waals surface area contributed by atoms with Gasteiger partial charge in [0.05, 0.1) is 16.4 Å². The van der Waals surface area contributed by atoms with E-state index < -0.39 is 17.6 Å². The second kappa shape index (κ2) is 12.7. The number of ketones is 1. The maximum Gasteiger partial charge on any atom is 0.421 e. The summed E-state index contributed by atoms with van der Waals surface area (Å²) in [4.78, 5) is 32.5. The summed E-state index contributed by atoms with van der Waals surface area (Å²) in [7, 11) is 0. The van der Waals surface area contributed by atoms with Crippen molar-refractivity contribution in [1.29, 1.82) is 0 Å². The highest BCUT2D eigenvalue weighted by atomic mass is 35.5. The fraction of sp³-hybridized carbons (Fsp3) is 0.172. The molecule has 0 atom stereocenters. The summed E-state index contributed by atoms with van der Waals surface area (Å²) < 4.78 is 47.5. The Hall–Kier alpha value is -4.64. The van der Waals surface area contributed by atoms with Crippen molar-refractivity contribution in [2.75, 3.05) is 17.2 Å². The first-order valence-corrected chi connectivity index (χ1v) is 12.9. The third-order valence-electron chi connectivity index (χ3n) is 5.74. The highest BCUT2D eigenvalue weighted by Gasteiger charge is 2.35. The van der Waals surface area contributed by atoms with Gasteiger partial charge in [0, 0.05) is 23.9 Å². The van der Waals surface area contributed by atoms with Gasteiger partial charge in [-0.15, -0.1) is 0 Å². The maximum atomic E-state index is 13.8. The molecule has 0 spiro atoms. The number of carbonyl (C=O) groups is 2. The molecule has 41 heavy (non-hydrogen) atoms. The number of alkyl halides is 3. The van der Waals surface area contributed by atoms with Crippen LogP contribution in [0.4, 0.5) is 36.3 Å². The molecule has 0 fully saturated rings. The molecule has 212 valence electrons. The van der Waals surface area contributed by atoms with E-state index in [0.717, 1.165) is 6.42 Å². The van der Waals surface area contributed by atoms with E-state index in [0.29, 0.717) is 29.1 Å². The third kappa shape index (κ3) is 7.31. The molecule has 1 heterocycles. The largest absolute Gasteiger partial charge is 0.454 e. The van der Waals surface area contributed by atoms with Crippen molar-refractivity contribution in [3.63, 3.8) is 0 Å². The first kappa shape index (κ1) is 29.3. The number of Topliss-reactive ketones (excluding diaryl/α,β-unsaturated/α-hetero) is 1. The summed E-state index contributed by atoms with van der Waals surface area (Å²) in [6.07, 6.45) is -3.40. The van der Waals surface area contributed by atoms with E-state index in [1.165, 1.54) is 37.3 Å². The number of hydrogen-bond donors (Lipinski definition) is 3. The Morgan fingerprint density at radius 1 is 0.951 bits per heavy atom. The zero-order valence-electron chi connectivity index (χ0n) is 22.0. The van der Waals surface area contributed by atoms with Crippen LogP contribution in [-0.2, 0) is 6.18 Å². The smallest absolute Gasteiger partial charge is 0.421 e. The Bertz CT molecular complexity index is 1580. The van der Waals surface area contributed by atoms with Crippen molar-refractivity contribution in [1.82, 2.24) is 15.3 Å². The lowest BCUT2D eigenvalue weighted by atomic mass is 10.1. The normalized spacial score (nSPS) is 11.1. The Morgan fingerprint density at radius 3 is 2.39 bits per heavy atom. The lowest BCUT2D eigenvalue weighted by Gasteiger charge is -2.17. The average molecular weight is 584 g/mol. The van der Waals surface area contributed by atoms with Gasteiger partial charge in [-0.05, 0) is 55.8 Å². The van der Waals surface area contributed by atoms with Gasteiger partial charge < -0.3 is 20.7 Å². The number of anilines is 4. The molecular weight excluding hydrogens is 559 g/mol. The van der Waals surface area contributed by atoms with Crippen LogP contribution in [0.15, 0.2) is 72.9 Å². The van der Waals surface area contributed by atoms with Crippen molar-refractivity contribution in [2.45, 2.75) is 26.4 Å². The van der Waals surface area contributed by atoms with Gasteiger partial charge in [0.25, 0.3) is 5.91 Å². The zero-order chi connectivity index (χ0) is 29.6. The quantitative estimate of drug-likeness (QED) is 0.164. The number of hydrogen-bond acceptors (Lipinski definition) is 7. The summed E-state index contributed by atoms with van der Waals surface area (Å²) in [5.41, 5.74) is -0.229. The van der Waals surface area contributed by atoms with Crippen molar-refractivity contribution in [2.24, 2.45) is 0 Å². The molecule has 0 saturated heterocycles. The monoisotopic (exact) mass is 583 g/mol. The Labute approximate surface area is 238 Å². The molecular formula is C29H25ClF3N5O3. The second-order valence-corrected chi connectivity index (χ2v) is 9.21. The molecule has 0 radical (unpaired) electrons. The number of nitrogens with zero attached hydrogens (tertiary/aromatic N) is 2. The van der Waals surface area contributed by atoms with Crippen LogP contribution in [0.25, 0.3) is 0 Å². The number of para-hydroxylation sites is 2. The summed E-state index contributed by atoms with van der Waals surface area (Å²) in [6, 6.07) is 17.4. The fourth-order valence-electron chi connectivity index (χ4n) is 3.73. The van der Waals surface area contributed by atoms with Gasteiger partial charge in [0.1, 0.15) is 17.1 Å². The van der Waals surface area contributed by atoms with Crippen molar-refractivity contribution < 1.29 is 27.5 Å². The predicted octanol–water partition coefficient (Wildman–Crippen LogP) is 7.77. The van der Waals surface area contributed by atoms with Gasteiger partial charge in [-0.25, -0.2) is 4.98 Å². The molecule has 0 aliphatic carbocycles. The number of ether oxygens (including phenoxy) is 1. The molecule has 4 aromatic rings. The minimum atomic E-state index is -4.78. The van der Waals surface area contributed by atoms with E-state index in [1.807, 2.05) is 6.92 Å². The first-order chi connectivity index (χ1) is 19.6. The molecule has 0 unspecified atom stereocenters. The Morgan fingerprint density at radius 2 is 1.68 bits per heavy atom. The number of aromatic nitrogens is 2. The van der Waals surface area contributed by atoms with Gasteiger partial charge in [0.15, 0.2) is 11.5 Å². The van der Waals surface area contributed by atoms with E-state index in [-0.39, 0.29) is 40.3 Å². The number of benzene rings is 3. The van der Waals surface area contributed by atoms with E-state index in [1.54, 1.807) is 36.4 Å². The van der Waals surface area contributed by atoms with Crippen LogP contribution in [0, 0.1) is 0 Å². The van der Waals surface area contributed by atoms with Crippen LogP contribution in [-0.4, -0.2) is 28.2 Å². The van der Waals surface area contributed by atoms with Gasteiger partial charge >= 0.3 is 6.18 Å². The predicted molar refractivity (Wildman–Crippen MR) is 151 cm³/mol. The van der Waals surface area contributed by atoms with Gasteiger partial charge in [0.2, 0.25) is 5.95 Å². The van der Waals surface area contributed by atoms with Crippen LogP contribution < -0.4 is 20.7 Å². The van der Waals surface area contributed by atoms with E-state index in [2.05, 4.69) is 25.9 Å². The van der Waals surface area contributed by atoms with Crippen molar-refractivity contribution >= 4 is 46.4 Å². The number of amides is 1. The zero-order valence-corrected chi connectivity index (χ0v) is 22.7. The molecule has 1 aromatic heterocycles. The molecule has 8 nitrogen and oxygen atoms in total. The van der Waals surface area contributed by atoms with Gasteiger partial charge in [-0.1, -0.05) is 42.8 Å². The van der Waals surface area contributed by atoms with Crippen LogP contribution in [0.5, 0.6) is 11.5 Å². The highest BCUT2D eigenvalue weighted by Crippen LogP contribution is 2.38. The summed E-state index contributed by atoms with van der Waals surface area (Å²) in [5, 5.41) is 8.58. The number of carbonyl (C=O) groups excluding carboxylic acids is 2. The van der Waals surface area contributed by atoms with Crippen molar-refractivity contribution in [3.8, 4) is 11.5 Å². The van der Waals surface area contributed by atoms with Crippen LogP contribution in [0.2, 0.25) is 5.02 Å². The fourth-order valence-corrected chi connectivity index (χ4v) is 3.90. The molecule has 0 bridgehead atoms. The Kier molecular flexibility index (Phi) is 9.08. The molecule has 1 amide bonds. The van der Waals surface area contributed by atoms with E-state index in [4.69, 9.17) is 16.3 Å². The summed E-state index contributed by atoms with van der Waals surface area (Å²) in [6.45, 7) is 3.71. The number of rotatable bonds is 10. The standard InChI is InChI=1S/C29H25ClF3N5O3/c1-3-14-34-27(40)18-12-13-23(25(15-18)41-24-11-7-5-9-21(24)30)37-28-35-16-20(29(31,32)33)26(38-28)36-22-10-6-4-8-19(22)17(2)39/h4-13,15-16H,3,14H2,1-2H3,(H,34,40)(H2,35,36,37,38). The number of nitrogens with one attached hydrogen (secondary N) is 3. The van der Waals surface area contributed by atoms with Gasteiger partial charge in [-0.2, -0.15) is 18.2 Å². The topological polar surface area (TPSA) is 105 Å². The highest BCUT2D eigenvalue weighted by molar-refractivity contribution is 6.32. The minimum Gasteiger partial charge on any atom is -0.454 e. The molecule has 0 saturated carbocycles.